The molecule has 0 atom stereocenters. The van der Waals surface area contributed by atoms with E-state index in [4.69, 9.17) is 4.74 Å². The third kappa shape index (κ3) is 3.93. The predicted molar refractivity (Wildman–Crippen MR) is 118 cm³/mol. The van der Waals surface area contributed by atoms with Crippen molar-refractivity contribution in [2.75, 3.05) is 18.6 Å². The first-order valence-corrected chi connectivity index (χ1v) is 10.1. The molecule has 0 fully saturated rings. The number of nitrogens with zero attached hydrogens (tertiary/aromatic N) is 2. The van der Waals surface area contributed by atoms with Crippen molar-refractivity contribution in [2.24, 2.45) is 0 Å². The van der Waals surface area contributed by atoms with Gasteiger partial charge in [-0.1, -0.05) is 30.3 Å². The van der Waals surface area contributed by atoms with Crippen molar-refractivity contribution in [1.82, 2.24) is 0 Å². The molecule has 3 aromatic rings. The summed E-state index contributed by atoms with van der Waals surface area (Å²) >= 11 is 0. The number of nitriles is 1. The molecule has 0 saturated heterocycles. The highest BCUT2D eigenvalue weighted by Crippen LogP contribution is 2.29. The van der Waals surface area contributed by atoms with Crippen LogP contribution >= 0.6 is 0 Å². The van der Waals surface area contributed by atoms with Crippen LogP contribution in [0.5, 0.6) is 0 Å². The smallest absolute Gasteiger partial charge is 0.337 e. The molecule has 1 aliphatic rings. The second-order valence-corrected chi connectivity index (χ2v) is 7.64. The number of carbonyl (C=O) groups is 2. The number of anilines is 1. The SMILES string of the molecule is COC(=O)c1ccc(Cc2cc3c(cc2C)CCN(c2ccccc2C#N)C3=O)cc1. The van der Waals surface area contributed by atoms with E-state index in [1.807, 2.05) is 30.3 Å². The second-order valence-electron chi connectivity index (χ2n) is 7.64. The lowest BCUT2D eigenvalue weighted by Crippen LogP contribution is -2.38. The van der Waals surface area contributed by atoms with Gasteiger partial charge in [0.1, 0.15) is 6.07 Å². The number of rotatable bonds is 4. The van der Waals surface area contributed by atoms with Gasteiger partial charge in [-0.05, 0) is 72.4 Å². The summed E-state index contributed by atoms with van der Waals surface area (Å²) in [5.41, 5.74) is 6.63. The highest BCUT2D eigenvalue weighted by atomic mass is 16.5. The lowest BCUT2D eigenvalue weighted by molar-refractivity contribution is 0.0600. The van der Waals surface area contributed by atoms with Crippen molar-refractivity contribution in [3.8, 4) is 6.07 Å². The standard InChI is InChI=1S/C26H22N2O3/c1-17-13-20-11-12-28(24-6-4-3-5-21(24)16-27)25(29)23(20)15-22(17)14-18-7-9-19(10-8-18)26(30)31-2/h3-10,13,15H,11-12,14H2,1-2H3. The van der Waals surface area contributed by atoms with Gasteiger partial charge in [0.05, 0.1) is 23.9 Å². The van der Waals surface area contributed by atoms with Crippen LogP contribution in [-0.2, 0) is 17.6 Å². The number of esters is 1. The van der Waals surface area contributed by atoms with Crippen molar-refractivity contribution in [3.63, 3.8) is 0 Å². The van der Waals surface area contributed by atoms with E-state index in [0.29, 0.717) is 35.3 Å². The van der Waals surface area contributed by atoms with Crippen molar-refractivity contribution < 1.29 is 14.3 Å². The van der Waals surface area contributed by atoms with Crippen LogP contribution in [0.15, 0.2) is 60.7 Å². The van der Waals surface area contributed by atoms with Gasteiger partial charge in [0.15, 0.2) is 0 Å². The van der Waals surface area contributed by atoms with Crippen LogP contribution in [0.4, 0.5) is 5.69 Å². The van der Waals surface area contributed by atoms with Gasteiger partial charge in [0.25, 0.3) is 5.91 Å². The summed E-state index contributed by atoms with van der Waals surface area (Å²) in [6.07, 6.45) is 1.40. The van der Waals surface area contributed by atoms with E-state index in [0.717, 1.165) is 28.7 Å². The van der Waals surface area contributed by atoms with Gasteiger partial charge in [-0.25, -0.2) is 4.79 Å². The maximum absolute atomic E-state index is 13.3. The van der Waals surface area contributed by atoms with Crippen LogP contribution in [0.1, 0.15) is 48.5 Å². The summed E-state index contributed by atoms with van der Waals surface area (Å²) in [5, 5.41) is 9.43. The van der Waals surface area contributed by atoms with E-state index < -0.39 is 0 Å². The Bertz CT molecular complexity index is 1210. The summed E-state index contributed by atoms with van der Waals surface area (Å²) in [6.45, 7) is 2.61. The Kier molecular flexibility index (Phi) is 5.55. The molecule has 5 heteroatoms. The highest BCUT2D eigenvalue weighted by Gasteiger charge is 2.27. The minimum Gasteiger partial charge on any atom is -0.465 e. The van der Waals surface area contributed by atoms with Gasteiger partial charge in [-0.2, -0.15) is 5.26 Å². The van der Waals surface area contributed by atoms with Crippen LogP contribution in [-0.4, -0.2) is 25.5 Å². The number of carbonyl (C=O) groups excluding carboxylic acids is 2. The molecule has 31 heavy (non-hydrogen) atoms. The highest BCUT2D eigenvalue weighted by molar-refractivity contribution is 6.09. The molecule has 5 nitrogen and oxygen atoms in total. The number of hydrogen-bond donors (Lipinski definition) is 0. The maximum Gasteiger partial charge on any atom is 0.337 e. The molecule has 3 aromatic carbocycles. The number of aryl methyl sites for hydroxylation is 1. The molecule has 0 aromatic heterocycles. The monoisotopic (exact) mass is 410 g/mol. The van der Waals surface area contributed by atoms with Crippen molar-refractivity contribution in [1.29, 1.82) is 5.26 Å². The Morgan fingerprint density at radius 2 is 1.87 bits per heavy atom. The fourth-order valence-electron chi connectivity index (χ4n) is 4.02. The van der Waals surface area contributed by atoms with Gasteiger partial charge in [0, 0.05) is 12.1 Å². The number of ether oxygens (including phenoxy) is 1. The van der Waals surface area contributed by atoms with Gasteiger partial charge in [-0.3, -0.25) is 4.79 Å². The minimum atomic E-state index is -0.361. The van der Waals surface area contributed by atoms with E-state index in [-0.39, 0.29) is 11.9 Å². The number of amides is 1. The molecule has 1 amide bonds. The summed E-state index contributed by atoms with van der Waals surface area (Å²) in [7, 11) is 1.36. The number of fused-ring (bicyclic) bond motifs is 1. The van der Waals surface area contributed by atoms with Gasteiger partial charge >= 0.3 is 5.97 Å². The maximum atomic E-state index is 13.3. The number of hydrogen-bond acceptors (Lipinski definition) is 4. The predicted octanol–water partition coefficient (Wildman–Crippen LogP) is 4.45. The summed E-state index contributed by atoms with van der Waals surface area (Å²) in [5.74, 6) is -0.439. The lowest BCUT2D eigenvalue weighted by atomic mass is 9.90. The molecule has 0 aliphatic carbocycles. The van der Waals surface area contributed by atoms with Crippen LogP contribution in [0.3, 0.4) is 0 Å². The lowest BCUT2D eigenvalue weighted by Gasteiger charge is -2.30. The third-order valence-corrected chi connectivity index (χ3v) is 5.73. The number of para-hydroxylation sites is 1. The average Bonchev–Trinajstić information content (AvgIpc) is 2.80. The van der Waals surface area contributed by atoms with Crippen LogP contribution in [0, 0.1) is 18.3 Å². The van der Waals surface area contributed by atoms with Crippen molar-refractivity contribution >= 4 is 17.6 Å². The molecule has 0 unspecified atom stereocenters. The first kappa shape index (κ1) is 20.4. The molecular weight excluding hydrogens is 388 g/mol. The Balaban J connectivity index is 1.64. The quantitative estimate of drug-likeness (QED) is 0.596. The Hall–Kier alpha value is -3.91. The molecule has 4 rings (SSSR count). The molecule has 1 heterocycles. The zero-order chi connectivity index (χ0) is 22.0. The van der Waals surface area contributed by atoms with Crippen molar-refractivity contribution in [3.05, 3.63) is 99.6 Å². The summed E-state index contributed by atoms with van der Waals surface area (Å²) in [4.78, 5) is 26.7. The van der Waals surface area contributed by atoms with Gasteiger partial charge in [0.2, 0.25) is 0 Å². The van der Waals surface area contributed by atoms with Crippen LogP contribution in [0.2, 0.25) is 0 Å². The topological polar surface area (TPSA) is 70.4 Å². The molecule has 0 bridgehead atoms. The second kappa shape index (κ2) is 8.45. The van der Waals surface area contributed by atoms with E-state index in [1.54, 1.807) is 29.2 Å². The number of benzene rings is 3. The molecule has 0 N–H and O–H groups in total. The average molecular weight is 410 g/mol. The molecule has 154 valence electrons. The molecule has 0 spiro atoms. The Morgan fingerprint density at radius 1 is 1.13 bits per heavy atom. The third-order valence-electron chi connectivity index (χ3n) is 5.73. The summed E-state index contributed by atoms with van der Waals surface area (Å²) < 4.78 is 4.75. The van der Waals surface area contributed by atoms with Crippen LogP contribution < -0.4 is 4.90 Å². The Labute approximate surface area is 181 Å². The first-order chi connectivity index (χ1) is 15.0. The normalized spacial score (nSPS) is 12.8. The zero-order valence-corrected chi connectivity index (χ0v) is 17.5. The molecule has 0 radical (unpaired) electrons. The zero-order valence-electron chi connectivity index (χ0n) is 17.5. The fraction of sp³-hybridized carbons (Fsp3) is 0.192. The Morgan fingerprint density at radius 3 is 2.58 bits per heavy atom. The van der Waals surface area contributed by atoms with Crippen molar-refractivity contribution in [2.45, 2.75) is 19.8 Å². The van der Waals surface area contributed by atoms with Gasteiger partial charge < -0.3 is 9.64 Å². The first-order valence-electron chi connectivity index (χ1n) is 10.1. The van der Waals surface area contributed by atoms with E-state index >= 15 is 0 Å². The largest absolute Gasteiger partial charge is 0.465 e. The minimum absolute atomic E-state index is 0.0776. The van der Waals surface area contributed by atoms with Gasteiger partial charge in [-0.15, -0.1) is 0 Å². The van der Waals surface area contributed by atoms with E-state index in [1.165, 1.54) is 7.11 Å². The fourth-order valence-corrected chi connectivity index (χ4v) is 4.02. The van der Waals surface area contributed by atoms with E-state index in [9.17, 15) is 14.9 Å². The van der Waals surface area contributed by atoms with E-state index in [2.05, 4.69) is 19.1 Å². The summed E-state index contributed by atoms with van der Waals surface area (Å²) in [6, 6.07) is 20.8. The van der Waals surface area contributed by atoms with Crippen LogP contribution in [0.25, 0.3) is 0 Å². The molecule has 0 saturated carbocycles. The molecule has 1 aliphatic heterocycles. The molecular formula is C26H22N2O3. The number of methoxy groups -OCH3 is 1.